The summed E-state index contributed by atoms with van der Waals surface area (Å²) >= 11 is 0. The molecule has 4 aliphatic rings. The van der Waals surface area contributed by atoms with Crippen molar-refractivity contribution in [2.24, 2.45) is 17.8 Å². The maximum absolute atomic E-state index is 14.0. The van der Waals surface area contributed by atoms with Crippen molar-refractivity contribution in [2.45, 2.75) is 87.6 Å². The second-order valence-electron chi connectivity index (χ2n) is 13.5. The number of nitrogens with one attached hydrogen (secondary N) is 2. The number of carbonyl (C=O) groups is 3. The summed E-state index contributed by atoms with van der Waals surface area (Å²) in [5.41, 5.74) is -0.0762. The van der Waals surface area contributed by atoms with Gasteiger partial charge in [0.2, 0.25) is 17.7 Å². The molecule has 2 N–H and O–H groups in total. The van der Waals surface area contributed by atoms with Crippen LogP contribution in [0.25, 0.3) is 11.0 Å². The van der Waals surface area contributed by atoms with Crippen molar-refractivity contribution >= 4 is 39.7 Å². The van der Waals surface area contributed by atoms with Crippen LogP contribution in [0.2, 0.25) is 0 Å². The molecule has 2 aliphatic heterocycles. The summed E-state index contributed by atoms with van der Waals surface area (Å²) in [6, 6.07) is 4.46. The van der Waals surface area contributed by atoms with E-state index in [-0.39, 0.29) is 43.0 Å². The molecule has 3 fully saturated rings. The maximum Gasteiger partial charge on any atom is 0.258 e. The number of carbonyl (C=O) groups excluding carboxylic acids is 3. The summed E-state index contributed by atoms with van der Waals surface area (Å²) in [4.78, 5) is 51.9. The Kier molecular flexibility index (Phi) is 9.06. The van der Waals surface area contributed by atoms with Gasteiger partial charge in [0.25, 0.3) is 5.91 Å². The Hall–Kier alpha value is -3.61. The summed E-state index contributed by atoms with van der Waals surface area (Å²) in [5.74, 6) is -0.141. The third kappa shape index (κ3) is 6.61. The van der Waals surface area contributed by atoms with Gasteiger partial charge in [-0.05, 0) is 62.5 Å². The molecule has 248 valence electrons. The minimum Gasteiger partial charge on any atom is -0.497 e. The molecule has 0 radical (unpaired) electrons. The van der Waals surface area contributed by atoms with E-state index < -0.39 is 51.9 Å². The first kappa shape index (κ1) is 32.3. The molecule has 1 saturated heterocycles. The lowest BCUT2D eigenvalue weighted by Crippen LogP contribution is -2.56. The third-order valence-corrected chi connectivity index (χ3v) is 11.5. The van der Waals surface area contributed by atoms with E-state index >= 15 is 0 Å². The Morgan fingerprint density at radius 2 is 2.00 bits per heavy atom. The number of hydrogen-bond donors (Lipinski definition) is 2. The second-order valence-corrected chi connectivity index (χ2v) is 15.2. The van der Waals surface area contributed by atoms with Crippen LogP contribution in [0.15, 0.2) is 36.5 Å². The highest BCUT2D eigenvalue weighted by Crippen LogP contribution is 2.47. The van der Waals surface area contributed by atoms with Gasteiger partial charge in [-0.2, -0.15) is 0 Å². The number of aromatic nitrogens is 2. The van der Waals surface area contributed by atoms with Crippen molar-refractivity contribution in [1.29, 1.82) is 0 Å². The van der Waals surface area contributed by atoms with Crippen molar-refractivity contribution in [3.8, 4) is 11.6 Å². The van der Waals surface area contributed by atoms with E-state index in [1.807, 2.05) is 12.2 Å². The fourth-order valence-corrected chi connectivity index (χ4v) is 7.90. The summed E-state index contributed by atoms with van der Waals surface area (Å²) in [6.45, 7) is 3.61. The zero-order valence-corrected chi connectivity index (χ0v) is 27.3. The van der Waals surface area contributed by atoms with E-state index in [0.29, 0.717) is 42.0 Å². The summed E-state index contributed by atoms with van der Waals surface area (Å²) in [7, 11) is -0.340. The lowest BCUT2D eigenvalue weighted by Gasteiger charge is -2.27. The molecule has 0 spiro atoms. The summed E-state index contributed by atoms with van der Waals surface area (Å²) in [5, 5.41) is 2.94. The number of nitrogens with zero attached hydrogens (tertiary/aromatic N) is 3. The van der Waals surface area contributed by atoms with Crippen LogP contribution in [0, 0.1) is 17.8 Å². The molecule has 0 bridgehead atoms. The average molecular weight is 656 g/mol. The van der Waals surface area contributed by atoms with Crippen molar-refractivity contribution in [1.82, 2.24) is 24.9 Å². The van der Waals surface area contributed by atoms with Crippen LogP contribution < -0.4 is 19.5 Å². The Bertz CT molecular complexity index is 1570. The SMILES string of the molecule is COc1ccc2ncc(O[C@H]3C[C@H]4C(=O)N[C@]5(C(=O)NS(=O)C6(CF)CC6)C[C@H]5/C=C\CC[C@@H](C)C[C@@H](C)CC(=O)N4C3)nc2c1. The first-order valence-electron chi connectivity index (χ1n) is 16.1. The second kappa shape index (κ2) is 12.9. The Balaban J connectivity index is 1.24. The molecule has 2 aromatic rings. The van der Waals surface area contributed by atoms with Crippen LogP contribution >= 0.6 is 0 Å². The molecule has 3 amide bonds. The number of amides is 3. The highest BCUT2D eigenvalue weighted by atomic mass is 32.2. The van der Waals surface area contributed by atoms with Gasteiger partial charge in [-0.25, -0.2) is 18.6 Å². The van der Waals surface area contributed by atoms with Gasteiger partial charge in [0.1, 0.15) is 41.1 Å². The molecule has 1 unspecified atom stereocenters. The predicted molar refractivity (Wildman–Crippen MR) is 170 cm³/mol. The highest BCUT2D eigenvalue weighted by molar-refractivity contribution is 7.85. The van der Waals surface area contributed by atoms with Gasteiger partial charge in [0, 0.05) is 24.8 Å². The molecule has 2 saturated carbocycles. The van der Waals surface area contributed by atoms with Gasteiger partial charge in [-0.1, -0.05) is 26.0 Å². The number of halogens is 1. The minimum absolute atomic E-state index is 0.118. The van der Waals surface area contributed by atoms with Gasteiger partial charge in [0.05, 0.1) is 35.6 Å². The highest BCUT2D eigenvalue weighted by Gasteiger charge is 2.62. The Labute approximate surface area is 270 Å². The molecule has 3 heterocycles. The maximum atomic E-state index is 14.0. The first-order valence-corrected chi connectivity index (χ1v) is 17.3. The number of alkyl halides is 1. The lowest BCUT2D eigenvalue weighted by atomic mass is 9.91. The molecular formula is C33H42FN5O6S. The van der Waals surface area contributed by atoms with Gasteiger partial charge in [-0.15, -0.1) is 0 Å². The number of fused-ring (bicyclic) bond motifs is 3. The zero-order valence-electron chi connectivity index (χ0n) is 26.5. The van der Waals surface area contributed by atoms with Gasteiger partial charge >= 0.3 is 0 Å². The van der Waals surface area contributed by atoms with Crippen LogP contribution in [0.4, 0.5) is 4.39 Å². The van der Waals surface area contributed by atoms with Gasteiger partial charge < -0.3 is 19.7 Å². The van der Waals surface area contributed by atoms with E-state index in [0.717, 1.165) is 19.3 Å². The molecule has 6 rings (SSSR count). The average Bonchev–Trinajstić information content (AvgIpc) is 3.93. The largest absolute Gasteiger partial charge is 0.497 e. The Morgan fingerprint density at radius 3 is 2.74 bits per heavy atom. The predicted octanol–water partition coefficient (Wildman–Crippen LogP) is 3.55. The lowest BCUT2D eigenvalue weighted by molar-refractivity contribution is -0.140. The van der Waals surface area contributed by atoms with Gasteiger partial charge in [-0.3, -0.25) is 19.1 Å². The normalized spacial score (nSPS) is 32.2. The van der Waals surface area contributed by atoms with Crippen LogP contribution in [-0.2, 0) is 25.4 Å². The van der Waals surface area contributed by atoms with Crippen LogP contribution in [0.5, 0.6) is 11.6 Å². The number of rotatable bonds is 7. The molecule has 46 heavy (non-hydrogen) atoms. The van der Waals surface area contributed by atoms with Gasteiger partial charge in [0.15, 0.2) is 0 Å². The number of benzene rings is 1. The fraction of sp³-hybridized carbons (Fsp3) is 0.606. The van der Waals surface area contributed by atoms with E-state index in [1.165, 1.54) is 6.20 Å². The quantitative estimate of drug-likeness (QED) is 0.432. The number of allylic oxidation sites excluding steroid dienone is 1. The van der Waals surface area contributed by atoms with Crippen molar-refractivity contribution < 1.29 is 32.5 Å². The number of methoxy groups -OCH3 is 1. The zero-order chi connectivity index (χ0) is 32.6. The Morgan fingerprint density at radius 1 is 1.20 bits per heavy atom. The summed E-state index contributed by atoms with van der Waals surface area (Å²) < 4.78 is 39.5. The van der Waals surface area contributed by atoms with Crippen molar-refractivity contribution in [2.75, 3.05) is 20.3 Å². The van der Waals surface area contributed by atoms with E-state index in [4.69, 9.17) is 9.47 Å². The minimum atomic E-state index is -1.91. The summed E-state index contributed by atoms with van der Waals surface area (Å²) in [6.07, 6.45) is 9.22. The topological polar surface area (TPSA) is 140 Å². The van der Waals surface area contributed by atoms with Crippen molar-refractivity contribution in [3.63, 3.8) is 0 Å². The van der Waals surface area contributed by atoms with E-state index in [2.05, 4.69) is 33.9 Å². The fourth-order valence-electron chi connectivity index (χ4n) is 6.76. The number of ether oxygens (including phenoxy) is 2. The molecule has 2 aliphatic carbocycles. The van der Waals surface area contributed by atoms with Crippen LogP contribution in [-0.4, -0.2) is 79.6 Å². The smallest absolute Gasteiger partial charge is 0.258 e. The van der Waals surface area contributed by atoms with Crippen LogP contribution in [0.1, 0.15) is 65.2 Å². The molecule has 1 aromatic heterocycles. The van der Waals surface area contributed by atoms with E-state index in [9.17, 15) is 23.0 Å². The molecule has 13 heteroatoms. The third-order valence-electron chi connectivity index (χ3n) is 9.82. The van der Waals surface area contributed by atoms with Crippen molar-refractivity contribution in [3.05, 3.63) is 36.5 Å². The molecule has 11 nitrogen and oxygen atoms in total. The molecule has 7 atom stereocenters. The monoisotopic (exact) mass is 655 g/mol. The standard InChI is InChI=1S/C33H42FN5O6S/c1-20-6-4-5-7-22-16-33(22,31(42)38-46(43)32(19-34)10-11-32)37-30(41)27-15-24(18-39(27)29(40)13-21(2)12-20)45-28-17-35-25-9-8-23(44-3)14-26(25)36-28/h5,7-9,14,17,20-22,24,27H,4,6,10-13,15-16,18-19H2,1-3H3,(H,37,41)(H,38,42)/b7-5-/t20-,21-,22-,24+,27+,33-,46?/m1/s1. The molecular weight excluding hydrogens is 613 g/mol. The van der Waals surface area contributed by atoms with Crippen LogP contribution in [0.3, 0.4) is 0 Å². The van der Waals surface area contributed by atoms with E-state index in [1.54, 1.807) is 30.2 Å². The number of hydrogen-bond acceptors (Lipinski definition) is 8. The molecule has 1 aromatic carbocycles. The first-order chi connectivity index (χ1) is 22.1.